The van der Waals surface area contributed by atoms with Gasteiger partial charge >= 0.3 is 0 Å². The van der Waals surface area contributed by atoms with Gasteiger partial charge in [0.2, 0.25) is 0 Å². The molecule has 0 unspecified atom stereocenters. The summed E-state index contributed by atoms with van der Waals surface area (Å²) in [6.45, 7) is 36.8. The van der Waals surface area contributed by atoms with Gasteiger partial charge in [-0.3, -0.25) is 0 Å². The minimum atomic E-state index is -0.750. The van der Waals surface area contributed by atoms with Crippen LogP contribution in [0.2, 0.25) is 20.6 Å². The molecule has 0 aliphatic rings. The predicted octanol–water partition coefficient (Wildman–Crippen LogP) is 21.4. The highest BCUT2D eigenvalue weighted by Gasteiger charge is 2.24. The van der Waals surface area contributed by atoms with E-state index in [0.717, 1.165) is 84.2 Å². The van der Waals surface area contributed by atoms with Gasteiger partial charge in [0, 0.05) is 102 Å². The minimum Gasteiger partial charge on any atom is -0.382 e. The number of nitrogens with zero attached hydrogens (tertiary/aromatic N) is 24. The maximum absolute atomic E-state index is 7.49. The Hall–Kier alpha value is -11.7. The monoisotopic (exact) mass is 1870 g/mol. The van der Waals surface area contributed by atoms with E-state index in [-0.39, 0.29) is 125 Å². The van der Waals surface area contributed by atoms with Crippen molar-refractivity contribution in [3.05, 3.63) is 303 Å². The lowest BCUT2D eigenvalue weighted by atomic mass is 10.0. The molecule has 42 heteroatoms. The van der Waals surface area contributed by atoms with Gasteiger partial charge in [0.05, 0.1) is 73.4 Å². The predicted molar refractivity (Wildman–Crippen MR) is 512 cm³/mol. The van der Waals surface area contributed by atoms with Crippen molar-refractivity contribution in [1.82, 2.24) is 98.3 Å². The van der Waals surface area contributed by atoms with E-state index in [1.54, 1.807) is 56.9 Å². The first-order chi connectivity index (χ1) is 56.2. The van der Waals surface area contributed by atoms with E-state index in [1.807, 2.05) is 192 Å². The fraction of sp³-hybridized carbons (Fsp3) is 0.150. The van der Waals surface area contributed by atoms with Gasteiger partial charge < -0.3 is 32.3 Å². The Morgan fingerprint density at radius 3 is 0.967 bits per heavy atom. The topological polar surface area (TPSA) is 327 Å². The molecule has 16 aromatic rings. The molecule has 0 fully saturated rings. The van der Waals surface area contributed by atoms with Gasteiger partial charge in [-0.2, -0.15) is 74.4 Å². The number of hydrogen-bond acceptors (Lipinski definition) is 22. The second-order valence-corrected chi connectivity index (χ2v) is 27.8. The molecule has 0 amide bonds. The van der Waals surface area contributed by atoms with Gasteiger partial charge in [-0.15, -0.1) is 12.4 Å². The van der Waals surface area contributed by atoms with Crippen LogP contribution >= 0.6 is 148 Å². The van der Waals surface area contributed by atoms with E-state index >= 15 is 0 Å². The first-order valence-corrected chi connectivity index (χ1v) is 37.5. The van der Waals surface area contributed by atoms with E-state index in [1.165, 1.54) is 25.3 Å². The van der Waals surface area contributed by atoms with Crippen LogP contribution in [0.4, 0.5) is 51.8 Å². The zero-order valence-corrected chi connectivity index (χ0v) is 74.6. The fourth-order valence-electron chi connectivity index (χ4n) is 11.5. The number of aromatic nitrogens is 20. The summed E-state index contributed by atoms with van der Waals surface area (Å²) in [7, 11) is 3.45. The van der Waals surface area contributed by atoms with E-state index < -0.39 is 4.30 Å². The zero-order valence-electron chi connectivity index (χ0n) is 64.5. The molecule has 0 aliphatic carbocycles. The zero-order chi connectivity index (χ0) is 82.4. The summed E-state index contributed by atoms with van der Waals surface area (Å²) >= 11 is 37.6. The van der Waals surface area contributed by atoms with Crippen molar-refractivity contribution in [2.45, 2.75) is 63.6 Å². The first kappa shape index (κ1) is 101. The molecule has 0 radical (unpaired) electrons. The number of benzene rings is 4. The van der Waals surface area contributed by atoms with Gasteiger partial charge in [0.25, 0.3) is 22.7 Å². The van der Waals surface area contributed by atoms with Crippen LogP contribution in [0.25, 0.3) is 87.0 Å². The SMILES string of the molecule is C.C[C@H](N)c1cc2nccn2nc1-c1ccccc1.Cl.ClC(Cl)Cl.S.S.S.S.[C-]#[N+]c1c(Cl)ncnc1Cl.[C-]#[N+]c1c(Cl)ncnc1N[C@@H](C)c1cc2nccn2nc1-c1ccccc1.[C-]#[N+]c1c(NC)ncnc1N[C@@H](C)c1cc2ncc(Cl)n2nc1-c1ccccc1.[C-]#[N+]c1c(NC)ncnc1N[C@@H](C)c1cc2nccn2nc1-c1ccccc1. The Morgan fingerprint density at radius 2 is 0.648 bits per heavy atom. The number of imidazole rings is 4. The second-order valence-electron chi connectivity index (χ2n) is 24.4. The molecule has 12 aromatic heterocycles. The molecule has 16 rings (SSSR count). The van der Waals surface area contributed by atoms with E-state index in [2.05, 4.69) is 111 Å². The summed E-state index contributed by atoms with van der Waals surface area (Å²) in [5, 5.41) is 35.3. The lowest BCUT2D eigenvalue weighted by Crippen LogP contribution is -2.12. The van der Waals surface area contributed by atoms with E-state index in [9.17, 15) is 0 Å². The maximum atomic E-state index is 7.49. The number of hydrogen-bond donors (Lipinski definition) is 6. The van der Waals surface area contributed by atoms with Crippen molar-refractivity contribution < 1.29 is 0 Å². The largest absolute Gasteiger partial charge is 0.382 e. The average molecular weight is 1870 g/mol. The third-order valence-corrected chi connectivity index (χ3v) is 18.0. The highest BCUT2D eigenvalue weighted by molar-refractivity contribution is 7.59. The van der Waals surface area contributed by atoms with Crippen LogP contribution < -0.4 is 32.3 Å². The van der Waals surface area contributed by atoms with Crippen molar-refractivity contribution >= 4 is 222 Å². The van der Waals surface area contributed by atoms with Crippen molar-refractivity contribution in [3.63, 3.8) is 0 Å². The summed E-state index contributed by atoms with van der Waals surface area (Å²) in [6.07, 6.45) is 17.6. The Kier molecular flexibility index (Phi) is 40.3. The van der Waals surface area contributed by atoms with Gasteiger partial charge in [-0.25, -0.2) is 97.2 Å². The average Bonchev–Trinajstić information content (AvgIpc) is 1.55. The number of rotatable bonds is 16. The van der Waals surface area contributed by atoms with Crippen molar-refractivity contribution in [3.8, 4) is 45.0 Å². The molecule has 7 N–H and O–H groups in total. The number of halogens is 8. The van der Waals surface area contributed by atoms with Crippen molar-refractivity contribution in [2.24, 2.45) is 5.73 Å². The summed E-state index contributed by atoms with van der Waals surface area (Å²) in [5.74, 6) is 2.28. The highest BCUT2D eigenvalue weighted by Crippen LogP contribution is 2.39. The van der Waals surface area contributed by atoms with Gasteiger partial charge in [0.15, 0.2) is 32.0 Å². The van der Waals surface area contributed by atoms with Gasteiger partial charge in [0.1, 0.15) is 69.9 Å². The van der Waals surface area contributed by atoms with Crippen LogP contribution in [0.1, 0.15) is 81.5 Å². The molecule has 4 aromatic carbocycles. The lowest BCUT2D eigenvalue weighted by molar-refractivity contribution is 0.798. The highest BCUT2D eigenvalue weighted by atomic mass is 35.6. The summed E-state index contributed by atoms with van der Waals surface area (Å²) < 4.78 is 6.13. The number of anilines is 5. The number of nitrogens with one attached hydrogen (secondary N) is 5. The molecule has 628 valence electrons. The smallest absolute Gasteiger partial charge is 0.269 e. The Bertz CT molecular complexity index is 6230. The summed E-state index contributed by atoms with van der Waals surface area (Å²) in [4.78, 5) is 62.8. The number of nitrogens with two attached hydrogens (primary N) is 1. The fourth-order valence-corrected chi connectivity index (χ4v) is 12.3. The Labute approximate surface area is 771 Å². The van der Waals surface area contributed by atoms with Gasteiger partial charge in [-0.05, 0) is 52.0 Å². The Balaban J connectivity index is 0.000000272. The van der Waals surface area contributed by atoms with Crippen LogP contribution in [0.5, 0.6) is 0 Å². The van der Waals surface area contributed by atoms with Crippen LogP contribution in [-0.4, -0.2) is 117 Å². The Morgan fingerprint density at radius 1 is 0.369 bits per heavy atom. The molecule has 122 heavy (non-hydrogen) atoms. The molecule has 12 heterocycles. The molecule has 0 spiro atoms. The third-order valence-electron chi connectivity index (χ3n) is 16.9. The molecule has 0 saturated carbocycles. The maximum Gasteiger partial charge on any atom is 0.269 e. The summed E-state index contributed by atoms with van der Waals surface area (Å²) in [6, 6.07) is 47.1. The first-order valence-electron chi connectivity index (χ1n) is 34.7. The number of alkyl halides is 3. The van der Waals surface area contributed by atoms with Gasteiger partial charge in [-0.1, -0.05) is 210 Å². The van der Waals surface area contributed by atoms with Crippen LogP contribution in [-0.2, 0) is 0 Å². The second kappa shape index (κ2) is 48.7. The molecule has 0 bridgehead atoms. The quantitative estimate of drug-likeness (QED) is 0.0297. The van der Waals surface area contributed by atoms with Crippen molar-refractivity contribution in [1.29, 1.82) is 0 Å². The molecule has 0 saturated heterocycles. The van der Waals surface area contributed by atoms with Crippen molar-refractivity contribution in [2.75, 3.05) is 40.7 Å². The number of fused-ring (bicyclic) bond motifs is 4. The lowest BCUT2D eigenvalue weighted by Gasteiger charge is -2.19. The summed E-state index contributed by atoms with van der Waals surface area (Å²) in [5.41, 5.74) is 21.2. The molecule has 30 nitrogen and oxygen atoms in total. The van der Waals surface area contributed by atoms with E-state index in [0.29, 0.717) is 51.3 Å². The molecule has 0 aliphatic heterocycles. The molecular weight excluding hydrogens is 1790 g/mol. The minimum absolute atomic E-state index is 0. The standard InChI is InChI=1S/C20H17ClN8.C20H18N8.C19H14ClN7.C14H14N4.C5HCl2N3.CHCl3.CH4.ClH.4H2S/c1-12(27-20-18(22-2)19(23-3)25-11-26-20)14-9-16-24-10-15(21)29(16)28-17(14)13-7-5-4-6-8-13;1-13(26-20-18(21-2)19(22-3)24-12-25-20)15-11-16-23-9-10-28(16)27-17(15)14-7-5-4-6-8-14;1-12(25-19-17(21-2)18(20)23-11-24-19)14-10-15-22-8-9-27(15)26-16(14)13-6-4-3-5-7-13;1-10(15)12-9-13-16-7-8-18(13)17-14(12)11-5-3-2-4-6-11;1-8-3-4(6)9-2-10-5(3)7;2-1(3)4;;;;;;/h4-12H,1,3H3,(H2,23,25,26,27);4-13H,1,3H3,(H2,22,24,25,26);3-12H,1H3,(H,23,24,25);2-10H,15H2,1H3;2H;1H;1H4;1H;4*1H2/t12-;13-;12-;10-;;;;;;;;/m0000......../s1. The van der Waals surface area contributed by atoms with Crippen LogP contribution in [0.15, 0.2) is 214 Å². The van der Waals surface area contributed by atoms with E-state index in [4.69, 9.17) is 129 Å². The third kappa shape index (κ3) is 25.0. The normalized spacial score (nSPS) is 11.0. The van der Waals surface area contributed by atoms with Crippen LogP contribution in [0.3, 0.4) is 0 Å². The molecule has 4 atom stereocenters. The van der Waals surface area contributed by atoms with Crippen LogP contribution in [0, 0.1) is 26.3 Å². The molecular formula is C80H78Cl8N30S4.